The lowest BCUT2D eigenvalue weighted by Gasteiger charge is -2.58. The number of urea groups is 1. The Morgan fingerprint density at radius 2 is 2.04 bits per heavy atom. The Morgan fingerprint density at radius 3 is 2.76 bits per heavy atom. The summed E-state index contributed by atoms with van der Waals surface area (Å²) < 4.78 is 19.2. The summed E-state index contributed by atoms with van der Waals surface area (Å²) in [6, 6.07) is 4.21. The van der Waals surface area contributed by atoms with Crippen LogP contribution in [0.4, 0.5) is 14.9 Å². The quantitative estimate of drug-likeness (QED) is 0.822. The molecular weight excluding hydrogens is 323 g/mol. The lowest BCUT2D eigenvalue weighted by molar-refractivity contribution is -0.136. The van der Waals surface area contributed by atoms with E-state index in [4.69, 9.17) is 4.74 Å². The van der Waals surface area contributed by atoms with E-state index in [1.807, 2.05) is 0 Å². The standard InChI is InChI=1S/C19H23FN2O3/c20-14-1-2-16-15(7-14)22(3-4-25-16)18(23)21-17-12-5-11-6-13(17)10-19(24,8-11)9-12/h1-2,7,11-13,17,24H,3-6,8-10H2,(H,21,23)/t11?,12?,13?,17-,19-. The maximum atomic E-state index is 13.6. The Morgan fingerprint density at radius 1 is 1.28 bits per heavy atom. The van der Waals surface area contributed by atoms with Gasteiger partial charge in [-0.05, 0) is 62.0 Å². The molecule has 1 heterocycles. The van der Waals surface area contributed by atoms with Gasteiger partial charge in [-0.1, -0.05) is 0 Å². The van der Waals surface area contributed by atoms with E-state index in [1.54, 1.807) is 11.0 Å². The summed E-state index contributed by atoms with van der Waals surface area (Å²) in [6.07, 6.45) is 4.70. The summed E-state index contributed by atoms with van der Waals surface area (Å²) in [4.78, 5) is 14.5. The maximum absolute atomic E-state index is 13.6. The van der Waals surface area contributed by atoms with E-state index >= 15 is 0 Å². The molecule has 0 radical (unpaired) electrons. The van der Waals surface area contributed by atoms with Crippen LogP contribution in [0.1, 0.15) is 32.1 Å². The topological polar surface area (TPSA) is 61.8 Å². The van der Waals surface area contributed by atoms with Gasteiger partial charge < -0.3 is 15.2 Å². The fourth-order valence-corrected chi connectivity index (χ4v) is 5.84. The first-order valence-electron chi connectivity index (χ1n) is 9.23. The van der Waals surface area contributed by atoms with Gasteiger partial charge in [0.2, 0.25) is 0 Å². The van der Waals surface area contributed by atoms with Crippen molar-refractivity contribution in [1.82, 2.24) is 5.32 Å². The van der Waals surface area contributed by atoms with Crippen LogP contribution in [-0.4, -0.2) is 35.9 Å². The Hall–Kier alpha value is -1.82. The van der Waals surface area contributed by atoms with Gasteiger partial charge >= 0.3 is 6.03 Å². The number of benzene rings is 1. The van der Waals surface area contributed by atoms with E-state index in [0.717, 1.165) is 32.1 Å². The lowest BCUT2D eigenvalue weighted by atomic mass is 9.52. The van der Waals surface area contributed by atoms with Gasteiger partial charge in [-0.25, -0.2) is 9.18 Å². The number of carbonyl (C=O) groups excluding carboxylic acids is 1. The average molecular weight is 346 g/mol. The first kappa shape index (κ1) is 15.4. The van der Waals surface area contributed by atoms with E-state index in [1.165, 1.54) is 12.1 Å². The van der Waals surface area contributed by atoms with Gasteiger partial charge in [0.15, 0.2) is 0 Å². The van der Waals surface area contributed by atoms with Crippen LogP contribution in [0.15, 0.2) is 18.2 Å². The average Bonchev–Trinajstić information content (AvgIpc) is 2.56. The molecule has 25 heavy (non-hydrogen) atoms. The molecule has 0 saturated heterocycles. The van der Waals surface area contributed by atoms with Crippen LogP contribution < -0.4 is 15.0 Å². The molecule has 134 valence electrons. The number of halogens is 1. The highest BCUT2D eigenvalue weighted by Gasteiger charge is 2.55. The van der Waals surface area contributed by atoms with Gasteiger partial charge in [0.25, 0.3) is 0 Å². The Balaban J connectivity index is 1.36. The third-order valence-corrected chi connectivity index (χ3v) is 6.56. The van der Waals surface area contributed by atoms with Gasteiger partial charge in [-0.15, -0.1) is 0 Å². The van der Waals surface area contributed by atoms with Crippen molar-refractivity contribution >= 4 is 11.7 Å². The lowest BCUT2D eigenvalue weighted by Crippen LogP contribution is -2.63. The molecule has 4 bridgehead atoms. The van der Waals surface area contributed by atoms with Gasteiger partial charge in [-0.2, -0.15) is 0 Å². The fourth-order valence-electron chi connectivity index (χ4n) is 5.84. The molecule has 6 rings (SSSR count). The number of anilines is 1. The molecule has 1 aliphatic heterocycles. The summed E-state index contributed by atoms with van der Waals surface area (Å²) in [5, 5.41) is 13.9. The number of aliphatic hydroxyl groups is 1. The van der Waals surface area contributed by atoms with Crippen molar-refractivity contribution in [3.63, 3.8) is 0 Å². The molecule has 0 aromatic heterocycles. The largest absolute Gasteiger partial charge is 0.490 e. The third kappa shape index (κ3) is 2.49. The summed E-state index contributed by atoms with van der Waals surface area (Å²) in [6.45, 7) is 0.822. The molecule has 0 spiro atoms. The molecule has 2 atom stereocenters. The third-order valence-electron chi connectivity index (χ3n) is 6.56. The second-order valence-electron chi connectivity index (χ2n) is 8.28. The minimum atomic E-state index is -0.508. The smallest absolute Gasteiger partial charge is 0.322 e. The highest BCUT2D eigenvalue weighted by Crippen LogP contribution is 2.55. The van der Waals surface area contributed by atoms with Crippen LogP contribution in [0.3, 0.4) is 0 Å². The second-order valence-corrected chi connectivity index (χ2v) is 8.28. The van der Waals surface area contributed by atoms with E-state index in [2.05, 4.69) is 5.32 Å². The highest BCUT2D eigenvalue weighted by molar-refractivity contribution is 5.94. The van der Waals surface area contributed by atoms with Crippen molar-refractivity contribution in [2.45, 2.75) is 43.7 Å². The monoisotopic (exact) mass is 346 g/mol. The zero-order chi connectivity index (χ0) is 17.2. The Kier molecular flexibility index (Phi) is 3.29. The van der Waals surface area contributed by atoms with Crippen molar-refractivity contribution < 1.29 is 19.0 Å². The number of hydrogen-bond donors (Lipinski definition) is 2. The molecule has 6 heteroatoms. The van der Waals surface area contributed by atoms with E-state index in [-0.39, 0.29) is 17.9 Å². The predicted molar refractivity (Wildman–Crippen MR) is 90.1 cm³/mol. The normalized spacial score (nSPS) is 38.2. The number of ether oxygens (including phenoxy) is 1. The molecule has 4 fully saturated rings. The first-order chi connectivity index (χ1) is 12.0. The zero-order valence-corrected chi connectivity index (χ0v) is 14.1. The van der Waals surface area contributed by atoms with E-state index < -0.39 is 5.60 Å². The van der Waals surface area contributed by atoms with Gasteiger partial charge in [0.05, 0.1) is 17.8 Å². The molecule has 4 aliphatic carbocycles. The van der Waals surface area contributed by atoms with Crippen LogP contribution >= 0.6 is 0 Å². The van der Waals surface area contributed by atoms with Crippen molar-refractivity contribution in [2.75, 3.05) is 18.1 Å². The molecular formula is C19H23FN2O3. The van der Waals surface area contributed by atoms with Crippen molar-refractivity contribution in [2.24, 2.45) is 17.8 Å². The zero-order valence-electron chi connectivity index (χ0n) is 14.1. The molecule has 1 aromatic carbocycles. The SMILES string of the molecule is O=C(N[C@H]1C2CC3CC1C[C@](O)(C3)C2)N1CCOc2ccc(F)cc21. The molecule has 4 saturated carbocycles. The number of nitrogens with one attached hydrogen (secondary N) is 1. The second kappa shape index (κ2) is 5.34. The number of fused-ring (bicyclic) bond motifs is 1. The summed E-state index contributed by atoms with van der Waals surface area (Å²) in [7, 11) is 0. The van der Waals surface area contributed by atoms with E-state index in [9.17, 15) is 14.3 Å². The van der Waals surface area contributed by atoms with Gasteiger partial charge in [0, 0.05) is 12.1 Å². The molecule has 2 N–H and O–H groups in total. The fraction of sp³-hybridized carbons (Fsp3) is 0.632. The molecule has 1 aromatic rings. The van der Waals surface area contributed by atoms with Crippen LogP contribution in [0.25, 0.3) is 0 Å². The number of rotatable bonds is 1. The minimum absolute atomic E-state index is 0.115. The predicted octanol–water partition coefficient (Wildman–Crippen LogP) is 2.67. The van der Waals surface area contributed by atoms with Crippen LogP contribution in [0, 0.1) is 23.6 Å². The Labute approximate surface area is 146 Å². The minimum Gasteiger partial charge on any atom is -0.490 e. The Bertz CT molecular complexity index is 709. The van der Waals surface area contributed by atoms with Crippen molar-refractivity contribution in [3.05, 3.63) is 24.0 Å². The molecule has 2 amide bonds. The summed E-state index contributed by atoms with van der Waals surface area (Å²) >= 11 is 0. The molecule has 2 unspecified atom stereocenters. The van der Waals surface area contributed by atoms with Gasteiger partial charge in [0.1, 0.15) is 18.2 Å². The highest BCUT2D eigenvalue weighted by atomic mass is 19.1. The van der Waals surface area contributed by atoms with Crippen molar-refractivity contribution in [3.8, 4) is 5.75 Å². The van der Waals surface area contributed by atoms with Crippen LogP contribution in [0.5, 0.6) is 5.75 Å². The summed E-state index contributed by atoms with van der Waals surface area (Å²) in [5.41, 5.74) is -0.0157. The van der Waals surface area contributed by atoms with Crippen LogP contribution in [0.2, 0.25) is 0 Å². The number of nitrogens with zero attached hydrogens (tertiary/aromatic N) is 1. The number of amides is 2. The van der Waals surface area contributed by atoms with E-state index in [0.29, 0.717) is 42.3 Å². The molecule has 5 aliphatic rings. The maximum Gasteiger partial charge on any atom is 0.322 e. The van der Waals surface area contributed by atoms with Gasteiger partial charge in [-0.3, -0.25) is 4.90 Å². The molecule has 5 nitrogen and oxygen atoms in total. The number of carbonyl (C=O) groups is 1. The summed E-state index contributed by atoms with van der Waals surface area (Å²) in [5.74, 6) is 1.48. The van der Waals surface area contributed by atoms with Crippen molar-refractivity contribution in [1.29, 1.82) is 0 Å². The van der Waals surface area contributed by atoms with Crippen LogP contribution in [-0.2, 0) is 0 Å². The number of hydrogen-bond acceptors (Lipinski definition) is 3. The first-order valence-corrected chi connectivity index (χ1v) is 9.23.